The molecule has 17 heavy (non-hydrogen) atoms. The fourth-order valence-corrected chi connectivity index (χ4v) is 3.15. The van der Waals surface area contributed by atoms with Crippen LogP contribution in [0.5, 0.6) is 0 Å². The van der Waals surface area contributed by atoms with Crippen LogP contribution in [0.4, 0.5) is 0 Å². The second-order valence-corrected chi connectivity index (χ2v) is 6.30. The van der Waals surface area contributed by atoms with Crippen molar-refractivity contribution in [3.63, 3.8) is 0 Å². The predicted octanol–water partition coefficient (Wildman–Crippen LogP) is 1.22. The molecule has 0 radical (unpaired) electrons. The summed E-state index contributed by atoms with van der Waals surface area (Å²) < 4.78 is 2.13. The van der Waals surface area contributed by atoms with Crippen molar-refractivity contribution < 1.29 is 10.2 Å². The van der Waals surface area contributed by atoms with Crippen LogP contribution in [0, 0.1) is 0 Å². The van der Waals surface area contributed by atoms with Gasteiger partial charge in [0.15, 0.2) is 0 Å². The Balaban J connectivity index is 2.84. The molecule has 0 aliphatic heterocycles. The van der Waals surface area contributed by atoms with Crippen LogP contribution in [0.15, 0.2) is 53.0 Å². The normalized spacial score (nSPS) is 15.4. The molecule has 3 heteroatoms. The zero-order chi connectivity index (χ0) is 12.8. The van der Waals surface area contributed by atoms with E-state index in [9.17, 15) is 10.2 Å². The molecule has 2 nitrogen and oxygen atoms in total. The Morgan fingerprint density at radius 2 is 1.76 bits per heavy atom. The Kier molecular flexibility index (Phi) is 5.66. The molecule has 0 aromatic heterocycles. The van der Waals surface area contributed by atoms with E-state index in [0.29, 0.717) is 5.57 Å². The third-order valence-corrected chi connectivity index (χ3v) is 4.78. The van der Waals surface area contributed by atoms with E-state index >= 15 is 0 Å². The topological polar surface area (TPSA) is 40.5 Å². The first-order valence-electron chi connectivity index (χ1n) is 5.50. The fraction of sp³-hybridized carbons (Fsp3) is 0.286. The van der Waals surface area contributed by atoms with Gasteiger partial charge in [0.2, 0.25) is 0 Å². The molecule has 1 rings (SSSR count). The Morgan fingerprint density at radius 1 is 1.18 bits per heavy atom. The van der Waals surface area contributed by atoms with E-state index in [4.69, 9.17) is 0 Å². The van der Waals surface area contributed by atoms with Crippen molar-refractivity contribution >= 4 is 19.4 Å². The first-order valence-corrected chi connectivity index (χ1v) is 7.21. The van der Waals surface area contributed by atoms with Gasteiger partial charge in [-0.05, 0) is 0 Å². The monoisotopic (exact) mass is 298 g/mol. The molecule has 0 aliphatic carbocycles. The minimum absolute atomic E-state index is 0.0628. The van der Waals surface area contributed by atoms with Crippen LogP contribution in [0.25, 0.3) is 0 Å². The van der Waals surface area contributed by atoms with E-state index in [2.05, 4.69) is 6.58 Å². The molecule has 0 saturated carbocycles. The van der Waals surface area contributed by atoms with E-state index in [-0.39, 0.29) is 15.0 Å². The fourth-order valence-electron chi connectivity index (χ4n) is 1.16. The van der Waals surface area contributed by atoms with Gasteiger partial charge in [0.05, 0.1) is 0 Å². The van der Waals surface area contributed by atoms with E-state index < -0.39 is 12.2 Å². The molecule has 0 aliphatic rings. The zero-order valence-electron chi connectivity index (χ0n) is 10.1. The van der Waals surface area contributed by atoms with Gasteiger partial charge in [0.1, 0.15) is 0 Å². The quantitative estimate of drug-likeness (QED) is 0.634. The molecule has 0 fully saturated rings. The van der Waals surface area contributed by atoms with Crippen LogP contribution in [-0.4, -0.2) is 37.4 Å². The van der Waals surface area contributed by atoms with E-state index in [0.717, 1.165) is 4.47 Å². The maximum absolute atomic E-state index is 9.73. The van der Waals surface area contributed by atoms with E-state index in [1.807, 2.05) is 36.4 Å². The second-order valence-electron chi connectivity index (χ2n) is 3.89. The van der Waals surface area contributed by atoms with Gasteiger partial charge in [-0.1, -0.05) is 0 Å². The van der Waals surface area contributed by atoms with Crippen molar-refractivity contribution in [2.75, 3.05) is 0 Å². The van der Waals surface area contributed by atoms with Crippen LogP contribution in [0.1, 0.15) is 13.8 Å². The number of benzene rings is 1. The molecule has 1 aromatic rings. The summed E-state index contributed by atoms with van der Waals surface area (Å²) in [6, 6.07) is 10.0. The maximum atomic E-state index is 9.73. The summed E-state index contributed by atoms with van der Waals surface area (Å²) in [7, 11) is 0. The van der Waals surface area contributed by atoms with Crippen LogP contribution in [-0.2, 0) is 0 Å². The van der Waals surface area contributed by atoms with Gasteiger partial charge < -0.3 is 0 Å². The third-order valence-electron chi connectivity index (χ3n) is 2.25. The summed E-state index contributed by atoms with van der Waals surface area (Å²) in [5, 5.41) is 19.1. The van der Waals surface area contributed by atoms with Gasteiger partial charge in [-0.25, -0.2) is 0 Å². The first kappa shape index (κ1) is 14.2. The summed E-state index contributed by atoms with van der Waals surface area (Å²) in [6.45, 7) is 7.21. The molecule has 2 atom stereocenters. The van der Waals surface area contributed by atoms with Gasteiger partial charge in [0, 0.05) is 0 Å². The summed E-state index contributed by atoms with van der Waals surface area (Å²) in [5.74, 6) is 0. The summed E-state index contributed by atoms with van der Waals surface area (Å²) in [5.41, 5.74) is 0.638. The van der Waals surface area contributed by atoms with Crippen molar-refractivity contribution in [3.8, 4) is 0 Å². The number of rotatable bonds is 5. The Morgan fingerprint density at radius 3 is 2.24 bits per heavy atom. The van der Waals surface area contributed by atoms with Gasteiger partial charge >= 0.3 is 109 Å². The van der Waals surface area contributed by atoms with Gasteiger partial charge in [-0.2, -0.15) is 0 Å². The Labute approximate surface area is 109 Å². The average Bonchev–Trinajstić information content (AvgIpc) is 2.29. The van der Waals surface area contributed by atoms with Gasteiger partial charge in [-0.15, -0.1) is 0 Å². The summed E-state index contributed by atoms with van der Waals surface area (Å²) in [4.78, 5) is 0. The van der Waals surface area contributed by atoms with Crippen LogP contribution < -0.4 is 4.46 Å². The second kappa shape index (κ2) is 6.77. The van der Waals surface area contributed by atoms with Crippen molar-refractivity contribution in [1.82, 2.24) is 0 Å². The molecule has 92 valence electrons. The molecular weight excluding hydrogens is 279 g/mol. The summed E-state index contributed by atoms with van der Waals surface area (Å²) in [6.07, 6.45) is 0.725. The molecule has 0 bridgehead atoms. The Bertz CT molecular complexity index is 394. The van der Waals surface area contributed by atoms with Crippen molar-refractivity contribution in [2.24, 2.45) is 0 Å². The SMILES string of the molecule is C=C(/C=C(/[Se]c1ccccc1)C(C)O)C(C)O. The molecule has 2 unspecified atom stereocenters. The van der Waals surface area contributed by atoms with Gasteiger partial charge in [0.25, 0.3) is 0 Å². The third kappa shape index (κ3) is 4.88. The first-order chi connectivity index (χ1) is 8.00. The van der Waals surface area contributed by atoms with Crippen LogP contribution in [0.2, 0.25) is 0 Å². The molecule has 0 amide bonds. The Hall–Kier alpha value is -0.861. The number of aliphatic hydroxyl groups excluding tert-OH is 2. The van der Waals surface area contributed by atoms with Crippen molar-refractivity contribution in [2.45, 2.75) is 26.1 Å². The van der Waals surface area contributed by atoms with Gasteiger partial charge in [-0.3, -0.25) is 0 Å². The molecule has 0 heterocycles. The van der Waals surface area contributed by atoms with E-state index in [1.165, 1.54) is 4.46 Å². The van der Waals surface area contributed by atoms with Crippen molar-refractivity contribution in [3.05, 3.63) is 53.0 Å². The standard InChI is InChI=1S/C14H18O2Se/c1-10(11(2)15)9-14(12(3)16)17-13-7-5-4-6-8-13/h4-9,11-12,15-16H,1H2,2-3H3/b14-9+. The number of hydrogen-bond acceptors (Lipinski definition) is 2. The molecule has 2 N–H and O–H groups in total. The minimum atomic E-state index is -0.574. The van der Waals surface area contributed by atoms with E-state index in [1.54, 1.807) is 13.8 Å². The number of hydrogen-bond donors (Lipinski definition) is 2. The van der Waals surface area contributed by atoms with Crippen LogP contribution >= 0.6 is 0 Å². The molecule has 1 aromatic carbocycles. The number of aliphatic hydroxyl groups is 2. The molecular formula is C14H18O2Se. The molecule has 0 spiro atoms. The zero-order valence-corrected chi connectivity index (χ0v) is 11.8. The predicted molar refractivity (Wildman–Crippen MR) is 72.4 cm³/mol. The average molecular weight is 297 g/mol. The van der Waals surface area contributed by atoms with Crippen LogP contribution in [0.3, 0.4) is 0 Å². The molecule has 0 saturated heterocycles. The van der Waals surface area contributed by atoms with Crippen molar-refractivity contribution in [1.29, 1.82) is 0 Å². The summed E-state index contributed by atoms with van der Waals surface area (Å²) >= 11 is 0.0628.